The van der Waals surface area contributed by atoms with Gasteiger partial charge in [0.05, 0.1) is 5.76 Å². The second-order valence-corrected chi connectivity index (χ2v) is 12.0. The van der Waals surface area contributed by atoms with E-state index in [1.807, 2.05) is 13.8 Å². The van der Waals surface area contributed by atoms with Gasteiger partial charge in [0.2, 0.25) is 0 Å². The smallest absolute Gasteiger partial charge is 0.534 e. The van der Waals surface area contributed by atoms with Crippen molar-refractivity contribution in [1.29, 1.82) is 0 Å². The van der Waals surface area contributed by atoms with Gasteiger partial charge in [-0.2, -0.15) is 0 Å². The monoisotopic (exact) mass is 500 g/mol. The highest BCUT2D eigenvalue weighted by molar-refractivity contribution is 6.62. The summed E-state index contributed by atoms with van der Waals surface area (Å²) in [5, 5.41) is 0. The van der Waals surface area contributed by atoms with E-state index >= 15 is 0 Å². The molecule has 0 bridgehead atoms. The van der Waals surface area contributed by atoms with E-state index in [9.17, 15) is 0 Å². The van der Waals surface area contributed by atoms with Crippen LogP contribution in [0, 0.1) is 0 Å². The van der Waals surface area contributed by atoms with Crippen molar-refractivity contribution in [1.82, 2.24) is 0 Å². The summed E-state index contributed by atoms with van der Waals surface area (Å²) in [6.07, 6.45) is 18.5. The van der Waals surface area contributed by atoms with E-state index in [2.05, 4.69) is 62.9 Å². The number of hydrogen-bond donors (Lipinski definition) is 0. The summed E-state index contributed by atoms with van der Waals surface area (Å²) in [4.78, 5) is 0. The molecule has 37 heavy (non-hydrogen) atoms. The predicted molar refractivity (Wildman–Crippen MR) is 159 cm³/mol. The van der Waals surface area contributed by atoms with E-state index in [0.29, 0.717) is 5.76 Å². The van der Waals surface area contributed by atoms with Crippen LogP contribution in [0.25, 0.3) is 11.1 Å². The molecule has 2 aromatic rings. The molecule has 0 radical (unpaired) electrons. The van der Waals surface area contributed by atoms with Crippen LogP contribution in [0.3, 0.4) is 0 Å². The van der Waals surface area contributed by atoms with Crippen LogP contribution in [-0.2, 0) is 14.7 Å². The van der Waals surface area contributed by atoms with Gasteiger partial charge in [-0.3, -0.25) is 0 Å². The summed E-state index contributed by atoms with van der Waals surface area (Å²) < 4.78 is 12.4. The van der Waals surface area contributed by atoms with Gasteiger partial charge < -0.3 is 9.31 Å². The van der Waals surface area contributed by atoms with Crippen LogP contribution in [0.5, 0.6) is 0 Å². The van der Waals surface area contributed by atoms with E-state index < -0.39 is 5.60 Å². The van der Waals surface area contributed by atoms with Crippen molar-refractivity contribution >= 4 is 12.6 Å². The van der Waals surface area contributed by atoms with Crippen molar-refractivity contribution in [3.63, 3.8) is 0 Å². The van der Waals surface area contributed by atoms with Gasteiger partial charge in [-0.25, -0.2) is 0 Å². The molecule has 2 nitrogen and oxygen atoms in total. The molecule has 0 amide bonds. The summed E-state index contributed by atoms with van der Waals surface area (Å²) in [6, 6.07) is 16.2. The quantitative estimate of drug-likeness (QED) is 0.179. The maximum Gasteiger partial charge on any atom is 0.563 e. The van der Waals surface area contributed by atoms with Gasteiger partial charge in [-0.15, -0.1) is 0 Å². The van der Waals surface area contributed by atoms with Gasteiger partial charge in [0, 0.05) is 5.41 Å². The second-order valence-electron chi connectivity index (χ2n) is 12.0. The zero-order valence-corrected chi connectivity index (χ0v) is 24.0. The Labute approximate surface area is 227 Å². The van der Waals surface area contributed by atoms with Gasteiger partial charge in [0.15, 0.2) is 0 Å². The Bertz CT molecular complexity index is 1020. The van der Waals surface area contributed by atoms with Gasteiger partial charge in [0.25, 0.3) is 0 Å². The zero-order valence-electron chi connectivity index (χ0n) is 24.0. The van der Waals surface area contributed by atoms with Crippen LogP contribution >= 0.6 is 0 Å². The fraction of sp³-hybridized carbons (Fsp3) is 0.588. The lowest BCUT2D eigenvalue weighted by Crippen LogP contribution is -2.36. The highest BCUT2D eigenvalue weighted by Gasteiger charge is 2.46. The van der Waals surface area contributed by atoms with E-state index in [1.54, 1.807) is 5.56 Å². The SMILES string of the molecule is C=C1OB(c2ccc3c(c2)C(CCCCCCCC)(CCCCCCCC)c2ccccc2-3)OC1(C)C. The van der Waals surface area contributed by atoms with Crippen LogP contribution in [0.4, 0.5) is 0 Å². The first kappa shape index (κ1) is 28.0. The lowest BCUT2D eigenvalue weighted by molar-refractivity contribution is 0.173. The van der Waals surface area contributed by atoms with Crippen LogP contribution < -0.4 is 5.46 Å². The van der Waals surface area contributed by atoms with Crippen molar-refractivity contribution < 1.29 is 9.31 Å². The minimum Gasteiger partial charge on any atom is -0.534 e. The average molecular weight is 501 g/mol. The molecule has 2 aliphatic rings. The molecule has 1 heterocycles. The molecule has 1 saturated heterocycles. The standard InChI is InChI=1S/C34H49BO2/c1-6-8-10-12-14-18-24-34(25-19-15-13-11-9-7-2)31-21-17-16-20-29(31)30-23-22-28(26-32(30)34)35-36-27(3)33(4,5)37-35/h16-17,20-23,26H,3,6-15,18-19,24-25H2,1-2,4-5H3. The largest absolute Gasteiger partial charge is 0.563 e. The van der Waals surface area contributed by atoms with E-state index in [0.717, 1.165) is 5.46 Å². The summed E-state index contributed by atoms with van der Waals surface area (Å²) in [5.41, 5.74) is 6.63. The highest BCUT2D eigenvalue weighted by atomic mass is 16.7. The first-order valence-corrected chi connectivity index (χ1v) is 15.2. The Morgan fingerprint density at radius 1 is 0.703 bits per heavy atom. The molecule has 4 rings (SSSR count). The molecule has 3 heteroatoms. The van der Waals surface area contributed by atoms with E-state index in [-0.39, 0.29) is 12.5 Å². The third kappa shape index (κ3) is 6.19. The van der Waals surface area contributed by atoms with Crippen molar-refractivity contribution in [2.75, 3.05) is 0 Å². The number of unbranched alkanes of at least 4 members (excludes halogenated alkanes) is 10. The molecule has 0 spiro atoms. The number of fused-ring (bicyclic) bond motifs is 3. The Morgan fingerprint density at radius 2 is 1.27 bits per heavy atom. The maximum absolute atomic E-state index is 6.30. The van der Waals surface area contributed by atoms with E-state index in [1.165, 1.54) is 107 Å². The van der Waals surface area contributed by atoms with Crippen LogP contribution in [0.15, 0.2) is 54.8 Å². The topological polar surface area (TPSA) is 18.5 Å². The Kier molecular flexibility index (Phi) is 9.62. The average Bonchev–Trinajstić information content (AvgIpc) is 3.33. The van der Waals surface area contributed by atoms with Gasteiger partial charge in [-0.05, 0) is 54.4 Å². The Morgan fingerprint density at radius 3 is 1.86 bits per heavy atom. The van der Waals surface area contributed by atoms with Crippen LogP contribution in [0.2, 0.25) is 0 Å². The van der Waals surface area contributed by atoms with Gasteiger partial charge in [0.1, 0.15) is 5.60 Å². The molecule has 1 aliphatic heterocycles. The normalized spacial score (nSPS) is 17.1. The highest BCUT2D eigenvalue weighted by Crippen LogP contribution is 2.54. The van der Waals surface area contributed by atoms with Crippen molar-refractivity contribution in [2.45, 2.75) is 129 Å². The molecule has 0 atom stereocenters. The first-order valence-electron chi connectivity index (χ1n) is 15.2. The number of hydrogen-bond acceptors (Lipinski definition) is 2. The maximum atomic E-state index is 6.30. The van der Waals surface area contributed by atoms with Crippen LogP contribution in [-0.4, -0.2) is 12.7 Å². The summed E-state index contributed by atoms with van der Waals surface area (Å²) in [5.74, 6) is 0.715. The molecule has 0 saturated carbocycles. The molecule has 0 unspecified atom stereocenters. The fourth-order valence-corrected chi connectivity index (χ4v) is 6.46. The van der Waals surface area contributed by atoms with E-state index in [4.69, 9.17) is 9.31 Å². The number of rotatable bonds is 15. The fourth-order valence-electron chi connectivity index (χ4n) is 6.46. The van der Waals surface area contributed by atoms with Gasteiger partial charge in [-0.1, -0.05) is 140 Å². The summed E-state index contributed by atoms with van der Waals surface area (Å²) in [7, 11) is -0.378. The lowest BCUT2D eigenvalue weighted by Gasteiger charge is -2.33. The summed E-state index contributed by atoms with van der Waals surface area (Å²) in [6.45, 7) is 12.8. The zero-order chi connectivity index (χ0) is 26.3. The molecular weight excluding hydrogens is 451 g/mol. The Hall–Kier alpha value is -2.00. The molecule has 1 aliphatic carbocycles. The Balaban J connectivity index is 1.63. The number of benzene rings is 2. The first-order chi connectivity index (χ1) is 17.9. The van der Waals surface area contributed by atoms with Crippen molar-refractivity contribution in [2.24, 2.45) is 0 Å². The van der Waals surface area contributed by atoms with Gasteiger partial charge >= 0.3 is 7.12 Å². The lowest BCUT2D eigenvalue weighted by atomic mass is 9.68. The summed E-state index contributed by atoms with van der Waals surface area (Å²) >= 11 is 0. The predicted octanol–water partition coefficient (Wildman–Crippen LogP) is 9.49. The molecule has 0 aromatic heterocycles. The molecule has 200 valence electrons. The minimum atomic E-state index is -0.458. The molecule has 0 N–H and O–H groups in total. The molecule has 1 fully saturated rings. The van der Waals surface area contributed by atoms with Crippen LogP contribution in [0.1, 0.15) is 129 Å². The van der Waals surface area contributed by atoms with Crippen molar-refractivity contribution in [3.8, 4) is 11.1 Å². The third-order valence-corrected chi connectivity index (χ3v) is 8.80. The van der Waals surface area contributed by atoms with Crippen molar-refractivity contribution in [3.05, 3.63) is 65.9 Å². The second kappa shape index (κ2) is 12.7. The molecular formula is C34H49BO2. The third-order valence-electron chi connectivity index (χ3n) is 8.80. The minimum absolute atomic E-state index is 0.0859. The molecule has 2 aromatic carbocycles.